The molecule has 2 atom stereocenters. The first kappa shape index (κ1) is 29.9. The average molecular weight is 495 g/mol. The molecule has 0 bridgehead atoms. The van der Waals surface area contributed by atoms with E-state index in [9.17, 15) is 19.5 Å². The molecule has 1 heterocycles. The van der Waals surface area contributed by atoms with Crippen LogP contribution in [0.15, 0.2) is 24.8 Å². The van der Waals surface area contributed by atoms with Gasteiger partial charge >= 0.3 is 5.97 Å². The van der Waals surface area contributed by atoms with Crippen LogP contribution in [0.4, 0.5) is 5.69 Å². The third-order valence-corrected chi connectivity index (χ3v) is 5.53. The van der Waals surface area contributed by atoms with E-state index in [1.807, 2.05) is 0 Å². The van der Waals surface area contributed by atoms with E-state index in [4.69, 9.17) is 9.47 Å². The summed E-state index contributed by atoms with van der Waals surface area (Å²) in [5, 5.41) is 10.9. The molecule has 196 valence electrons. The lowest BCUT2D eigenvalue weighted by Gasteiger charge is -2.39. The second kappa shape index (κ2) is 16.5. The van der Waals surface area contributed by atoms with E-state index in [1.54, 1.807) is 32.2 Å². The Kier molecular flexibility index (Phi) is 14.1. The molecule has 1 aromatic rings. The van der Waals surface area contributed by atoms with Crippen molar-refractivity contribution in [3.63, 3.8) is 0 Å². The summed E-state index contributed by atoms with van der Waals surface area (Å²) in [6.07, 6.45) is 4.81. The summed E-state index contributed by atoms with van der Waals surface area (Å²) in [6.45, 7) is 6.67. The Bertz CT molecular complexity index is 817. The van der Waals surface area contributed by atoms with Gasteiger partial charge in [-0.15, -0.1) is 6.58 Å². The van der Waals surface area contributed by atoms with Crippen LogP contribution in [0.2, 0.25) is 0 Å². The van der Waals surface area contributed by atoms with E-state index >= 15 is 0 Å². The monoisotopic (exact) mass is 494 g/mol. The number of benzene rings is 1. The van der Waals surface area contributed by atoms with E-state index in [0.29, 0.717) is 61.6 Å². The Labute approximate surface area is 207 Å². The molecule has 1 fully saturated rings. The lowest BCUT2D eigenvalue weighted by atomic mass is 10.00. The Morgan fingerprint density at radius 3 is 2.54 bits per heavy atom. The fourth-order valence-corrected chi connectivity index (χ4v) is 3.70. The zero-order valence-corrected chi connectivity index (χ0v) is 21.1. The van der Waals surface area contributed by atoms with Crippen LogP contribution in [-0.2, 0) is 23.9 Å². The number of methoxy groups -OCH3 is 3. The normalized spacial score (nSPS) is 15.7. The molecule has 35 heavy (non-hydrogen) atoms. The molecule has 0 aromatic heterocycles. The highest BCUT2D eigenvalue weighted by Crippen LogP contribution is 2.36. The fraction of sp³-hybridized carbons (Fsp3) is 0.560. The molecule has 1 aliphatic heterocycles. The molecule has 1 saturated heterocycles. The van der Waals surface area contributed by atoms with E-state index in [1.165, 1.54) is 24.0 Å². The van der Waals surface area contributed by atoms with Crippen LogP contribution >= 0.6 is 0 Å². The Hall–Kier alpha value is -3.11. The lowest BCUT2D eigenvalue weighted by Crippen LogP contribution is -2.53. The number of carbonyl (C=O) groups is 3. The molecule has 0 radical (unpaired) electrons. The van der Waals surface area contributed by atoms with Gasteiger partial charge in [0.25, 0.3) is 0 Å². The van der Waals surface area contributed by atoms with Gasteiger partial charge in [-0.25, -0.2) is 0 Å². The first-order valence-electron chi connectivity index (χ1n) is 11.5. The van der Waals surface area contributed by atoms with Gasteiger partial charge in [0.05, 0.1) is 39.2 Å². The number of likely N-dealkylation sites (tertiary alicyclic amines) is 1. The second-order valence-electron chi connectivity index (χ2n) is 7.89. The molecular formula is C25H38N2O8. The maximum atomic E-state index is 11.9. The summed E-state index contributed by atoms with van der Waals surface area (Å²) >= 11 is 0. The number of carbonyl (C=O) groups excluding carboxylic acids is 3. The molecule has 1 aromatic carbocycles. The highest BCUT2D eigenvalue weighted by Gasteiger charge is 2.33. The van der Waals surface area contributed by atoms with Gasteiger partial charge < -0.3 is 29.0 Å². The summed E-state index contributed by atoms with van der Waals surface area (Å²) in [7, 11) is 4.48. The minimum atomic E-state index is -1.19. The Morgan fingerprint density at radius 2 is 2.00 bits per heavy atom. The van der Waals surface area contributed by atoms with E-state index < -0.39 is 12.3 Å². The molecule has 2 amide bonds. The quantitative estimate of drug-likeness (QED) is 0.146. The number of hydrogen-bond donors (Lipinski definition) is 1. The van der Waals surface area contributed by atoms with Gasteiger partial charge in [0.2, 0.25) is 12.8 Å². The third kappa shape index (κ3) is 9.22. The van der Waals surface area contributed by atoms with Crippen molar-refractivity contribution in [2.75, 3.05) is 46.0 Å². The van der Waals surface area contributed by atoms with Gasteiger partial charge in [-0.2, -0.15) is 0 Å². The number of aryl methyl sites for hydroxylation is 1. The van der Waals surface area contributed by atoms with Crippen LogP contribution in [0.3, 0.4) is 0 Å². The van der Waals surface area contributed by atoms with E-state index in [-0.39, 0.29) is 19.0 Å². The Morgan fingerprint density at radius 1 is 1.26 bits per heavy atom. The first-order valence-corrected chi connectivity index (χ1v) is 11.5. The molecule has 10 heteroatoms. The van der Waals surface area contributed by atoms with Gasteiger partial charge in [-0.3, -0.25) is 19.3 Å². The molecule has 2 rings (SSSR count). The first-order chi connectivity index (χ1) is 16.9. The van der Waals surface area contributed by atoms with Crippen molar-refractivity contribution >= 4 is 24.5 Å². The number of rotatable bonds is 13. The topological polar surface area (TPSA) is 115 Å². The van der Waals surface area contributed by atoms with Crippen molar-refractivity contribution < 1.29 is 38.4 Å². The van der Waals surface area contributed by atoms with Crippen molar-refractivity contribution in [1.29, 1.82) is 0 Å². The van der Waals surface area contributed by atoms with Gasteiger partial charge in [0.15, 0.2) is 17.7 Å². The fourth-order valence-electron chi connectivity index (χ4n) is 3.70. The number of hydrogen-bond acceptors (Lipinski definition) is 8. The maximum Gasteiger partial charge on any atom is 0.305 e. The van der Waals surface area contributed by atoms with Crippen LogP contribution in [-0.4, -0.2) is 82.2 Å². The number of ether oxygens (including phenoxy) is 4. The summed E-state index contributed by atoms with van der Waals surface area (Å²) in [4.78, 5) is 37.3. The molecule has 0 saturated carbocycles. The molecule has 0 spiro atoms. The molecule has 1 aliphatic rings. The van der Waals surface area contributed by atoms with Crippen molar-refractivity contribution in [1.82, 2.24) is 4.90 Å². The summed E-state index contributed by atoms with van der Waals surface area (Å²) in [6, 6.07) is 2.86. The zero-order chi connectivity index (χ0) is 26.2. The smallest absolute Gasteiger partial charge is 0.305 e. The predicted octanol–water partition coefficient (Wildman–Crippen LogP) is 2.45. The number of aliphatic hydroxyl groups excluding tert-OH is 1. The third-order valence-electron chi connectivity index (χ3n) is 5.53. The highest BCUT2D eigenvalue weighted by atomic mass is 16.5. The van der Waals surface area contributed by atoms with Crippen LogP contribution in [0.1, 0.15) is 37.7 Å². The number of nitrogens with zero attached hydrogens (tertiary/aromatic N) is 2. The highest BCUT2D eigenvalue weighted by molar-refractivity contribution is 5.79. The number of amides is 2. The lowest BCUT2D eigenvalue weighted by molar-refractivity contribution is -0.140. The number of esters is 1. The standard InChI is InChI=1S/C21H30N2O7.C4H8O/c1-15-11-18(28-2)19(30-10-6-8-20(26)29-3)12-17(15)23(14-25)21(27)16-7-4-5-9-22(16)13-24;1-3-4-5-2/h11-14,16,21,27H,4-10H2,1-3H3;3H,1,4H2,2H3. The van der Waals surface area contributed by atoms with Crippen LogP contribution in [0.5, 0.6) is 11.5 Å². The summed E-state index contributed by atoms with van der Waals surface area (Å²) in [5.74, 6) is 0.539. The molecule has 0 aliphatic carbocycles. The minimum absolute atomic E-state index is 0.222. The maximum absolute atomic E-state index is 11.9. The number of aliphatic hydroxyl groups is 1. The predicted molar refractivity (Wildman–Crippen MR) is 132 cm³/mol. The van der Waals surface area contributed by atoms with E-state index in [2.05, 4.69) is 16.1 Å². The molecule has 2 unspecified atom stereocenters. The second-order valence-corrected chi connectivity index (χ2v) is 7.89. The van der Waals surface area contributed by atoms with Crippen LogP contribution in [0.25, 0.3) is 0 Å². The largest absolute Gasteiger partial charge is 0.493 e. The van der Waals surface area contributed by atoms with Crippen molar-refractivity contribution in [2.45, 2.75) is 51.3 Å². The zero-order valence-electron chi connectivity index (χ0n) is 21.1. The molecule has 1 N–H and O–H groups in total. The number of anilines is 1. The molecule has 10 nitrogen and oxygen atoms in total. The van der Waals surface area contributed by atoms with Gasteiger partial charge in [0.1, 0.15) is 0 Å². The van der Waals surface area contributed by atoms with Crippen molar-refractivity contribution in [3.05, 3.63) is 30.4 Å². The van der Waals surface area contributed by atoms with Gasteiger partial charge in [-0.1, -0.05) is 6.08 Å². The van der Waals surface area contributed by atoms with Crippen molar-refractivity contribution in [3.8, 4) is 11.5 Å². The summed E-state index contributed by atoms with van der Waals surface area (Å²) < 4.78 is 20.3. The van der Waals surface area contributed by atoms with Gasteiger partial charge in [0, 0.05) is 26.1 Å². The van der Waals surface area contributed by atoms with Gasteiger partial charge in [-0.05, 0) is 44.2 Å². The van der Waals surface area contributed by atoms with Crippen LogP contribution in [0, 0.1) is 6.92 Å². The molecular weight excluding hydrogens is 456 g/mol. The van der Waals surface area contributed by atoms with E-state index in [0.717, 1.165) is 12.8 Å². The minimum Gasteiger partial charge on any atom is -0.493 e. The Balaban J connectivity index is 0.00000111. The SMILES string of the molecule is C=CCOC.COC(=O)CCCOc1cc(N(C=O)C(O)C2CCCCN2C=O)c(C)cc1OC. The van der Waals surface area contributed by atoms with Crippen LogP contribution < -0.4 is 14.4 Å². The number of piperidine rings is 1. The van der Waals surface area contributed by atoms with Crippen molar-refractivity contribution in [2.24, 2.45) is 0 Å². The average Bonchev–Trinajstić information content (AvgIpc) is 2.88. The summed E-state index contributed by atoms with van der Waals surface area (Å²) in [5.41, 5.74) is 1.16.